The first-order chi connectivity index (χ1) is 19.0. The summed E-state index contributed by atoms with van der Waals surface area (Å²) >= 11 is 0. The Balaban J connectivity index is 1.73. The zero-order valence-corrected chi connectivity index (χ0v) is 25.3. The molecule has 6 atom stereocenters. The summed E-state index contributed by atoms with van der Waals surface area (Å²) in [7, 11) is 3.77. The highest BCUT2D eigenvalue weighted by Gasteiger charge is 2.76. The number of carbonyl (C=O) groups excluding carboxylic acids is 5. The van der Waals surface area contributed by atoms with Crippen molar-refractivity contribution in [2.45, 2.75) is 91.1 Å². The van der Waals surface area contributed by atoms with Crippen molar-refractivity contribution in [1.82, 2.24) is 0 Å². The lowest BCUT2D eigenvalue weighted by atomic mass is 9.40. The number of phenols is 1. The number of carbonyl (C=O) groups is 5. The Labute approximate surface area is 241 Å². The first kappa shape index (κ1) is 29.6. The molecule has 8 heteroatoms. The molecule has 0 amide bonds. The van der Waals surface area contributed by atoms with Crippen LogP contribution in [0, 0.1) is 34.5 Å². The molecule has 0 radical (unpaired) electrons. The first-order valence-corrected chi connectivity index (χ1v) is 15.0. The molecule has 1 aromatic carbocycles. The summed E-state index contributed by atoms with van der Waals surface area (Å²) in [6.45, 7) is 8.11. The molecule has 0 saturated heterocycles. The fourth-order valence-electron chi connectivity index (χ4n) is 9.33. The van der Waals surface area contributed by atoms with E-state index in [1.807, 2.05) is 32.0 Å². The first-order valence-electron chi connectivity index (χ1n) is 15.0. The molecule has 3 fully saturated rings. The van der Waals surface area contributed by atoms with Gasteiger partial charge in [-0.2, -0.15) is 0 Å². The van der Waals surface area contributed by atoms with E-state index in [-0.39, 0.29) is 36.0 Å². The smallest absolute Gasteiger partial charge is 0.190 e. The zero-order valence-electron chi connectivity index (χ0n) is 25.3. The fourth-order valence-corrected chi connectivity index (χ4v) is 9.33. The summed E-state index contributed by atoms with van der Waals surface area (Å²) in [6.07, 6.45) is 5.31. The minimum atomic E-state index is -2.68. The minimum absolute atomic E-state index is 0.0566. The van der Waals surface area contributed by atoms with E-state index in [0.29, 0.717) is 11.1 Å². The van der Waals surface area contributed by atoms with E-state index in [1.165, 1.54) is 0 Å². The highest BCUT2D eigenvalue weighted by molar-refractivity contribution is 6.32. The third-order valence-corrected chi connectivity index (χ3v) is 10.9. The lowest BCUT2D eigenvalue weighted by molar-refractivity contribution is -0.205. The maximum absolute atomic E-state index is 14.5. The Kier molecular flexibility index (Phi) is 6.92. The molecular formula is C33H43NO7. The van der Waals surface area contributed by atoms with Gasteiger partial charge in [0.05, 0.1) is 11.5 Å². The van der Waals surface area contributed by atoms with Crippen LogP contribution in [0.5, 0.6) is 5.75 Å². The molecule has 0 aromatic heterocycles. The Morgan fingerprint density at radius 1 is 1.02 bits per heavy atom. The molecule has 3 unspecified atom stereocenters. The second kappa shape index (κ2) is 9.58. The molecule has 0 spiro atoms. The third kappa shape index (κ3) is 3.85. The number of hydrogen-bond donors (Lipinski definition) is 2. The van der Waals surface area contributed by atoms with Crippen LogP contribution in [0.25, 0.3) is 0 Å². The van der Waals surface area contributed by atoms with E-state index in [9.17, 15) is 34.2 Å². The molecule has 8 nitrogen and oxygen atoms in total. The number of Topliss-reactive ketones (excluding diaryl/α,β-unsaturated/α-hetero) is 5. The summed E-state index contributed by atoms with van der Waals surface area (Å²) in [5, 5.41) is 23.8. The van der Waals surface area contributed by atoms with Crippen LogP contribution < -0.4 is 4.90 Å². The summed E-state index contributed by atoms with van der Waals surface area (Å²) in [4.78, 5) is 71.0. The monoisotopic (exact) mass is 565 g/mol. The average molecular weight is 566 g/mol. The van der Waals surface area contributed by atoms with Crippen LogP contribution in [0.4, 0.5) is 5.69 Å². The van der Waals surface area contributed by atoms with Crippen molar-refractivity contribution in [3.63, 3.8) is 0 Å². The van der Waals surface area contributed by atoms with Gasteiger partial charge in [0.1, 0.15) is 17.5 Å². The van der Waals surface area contributed by atoms with Gasteiger partial charge in [0, 0.05) is 31.1 Å². The number of fused-ring (bicyclic) bond motifs is 3. The van der Waals surface area contributed by atoms with E-state index >= 15 is 0 Å². The van der Waals surface area contributed by atoms with Crippen LogP contribution >= 0.6 is 0 Å². The number of aromatic hydroxyl groups is 1. The van der Waals surface area contributed by atoms with E-state index < -0.39 is 63.1 Å². The van der Waals surface area contributed by atoms with Crippen LogP contribution in [-0.4, -0.2) is 58.8 Å². The van der Waals surface area contributed by atoms with Crippen LogP contribution in [0.15, 0.2) is 6.07 Å². The number of rotatable bonds is 4. The van der Waals surface area contributed by atoms with Crippen molar-refractivity contribution >= 4 is 34.6 Å². The molecule has 4 aliphatic rings. The largest absolute Gasteiger partial charge is 0.507 e. The number of aliphatic hydroxyl groups is 1. The van der Waals surface area contributed by atoms with Crippen molar-refractivity contribution in [2.24, 2.45) is 34.5 Å². The molecule has 41 heavy (non-hydrogen) atoms. The van der Waals surface area contributed by atoms with E-state index in [1.54, 1.807) is 20.8 Å². The van der Waals surface area contributed by atoms with Crippen LogP contribution in [0.3, 0.4) is 0 Å². The van der Waals surface area contributed by atoms with Crippen molar-refractivity contribution in [3.8, 4) is 5.75 Å². The number of hydrogen-bond acceptors (Lipinski definition) is 8. The second-order valence-corrected chi connectivity index (χ2v) is 14.2. The summed E-state index contributed by atoms with van der Waals surface area (Å²) in [5.74, 6) is -8.40. The van der Waals surface area contributed by atoms with Gasteiger partial charge in [-0.05, 0) is 67.1 Å². The number of benzene rings is 1. The minimum Gasteiger partial charge on any atom is -0.507 e. The number of nitrogens with zero attached hydrogens (tertiary/aromatic N) is 1. The van der Waals surface area contributed by atoms with Gasteiger partial charge < -0.3 is 15.1 Å². The van der Waals surface area contributed by atoms with E-state index in [4.69, 9.17) is 0 Å². The fraction of sp³-hybridized carbons (Fsp3) is 0.667. The van der Waals surface area contributed by atoms with Crippen LogP contribution in [-0.2, 0) is 25.6 Å². The van der Waals surface area contributed by atoms with Gasteiger partial charge in [0.15, 0.2) is 28.7 Å². The van der Waals surface area contributed by atoms with Crippen LogP contribution in [0.1, 0.15) is 101 Å². The highest BCUT2D eigenvalue weighted by atomic mass is 16.3. The standard InChI is InChI=1S/C33H43NO7/c1-16(2)24-27(37)22(17(3)35)29(39)33(41)30(40)25-28(38)23-20(14-31(25,4)15-32(24,33)5)21(34(6)7)13-19(26(23)36)18-11-9-8-10-12-18/h13,16,18,22,24-25,36,41H,8-12,14-15H2,1-7H3/t22?,24?,25?,31-,32-,33+/m1/s1. The van der Waals surface area contributed by atoms with Gasteiger partial charge in [-0.25, -0.2) is 0 Å². The average Bonchev–Trinajstić information content (AvgIpc) is 2.86. The molecule has 0 heterocycles. The van der Waals surface area contributed by atoms with E-state index in [2.05, 4.69) is 0 Å². The van der Waals surface area contributed by atoms with E-state index in [0.717, 1.165) is 44.7 Å². The van der Waals surface area contributed by atoms with Gasteiger partial charge in [-0.1, -0.05) is 47.0 Å². The van der Waals surface area contributed by atoms with Gasteiger partial charge >= 0.3 is 0 Å². The predicted molar refractivity (Wildman–Crippen MR) is 153 cm³/mol. The van der Waals surface area contributed by atoms with Crippen molar-refractivity contribution < 1.29 is 34.2 Å². The quantitative estimate of drug-likeness (QED) is 0.520. The number of ketones is 5. The van der Waals surface area contributed by atoms with Gasteiger partial charge in [0.25, 0.3) is 0 Å². The normalized spacial score (nSPS) is 35.7. The molecule has 3 saturated carbocycles. The number of phenolic OH excluding ortho intramolecular Hbond substituents is 1. The molecule has 1 aromatic rings. The lowest BCUT2D eigenvalue weighted by Crippen LogP contribution is -2.76. The third-order valence-electron chi connectivity index (χ3n) is 10.9. The molecular weight excluding hydrogens is 522 g/mol. The Morgan fingerprint density at radius 3 is 2.17 bits per heavy atom. The summed E-state index contributed by atoms with van der Waals surface area (Å²) < 4.78 is 0. The van der Waals surface area contributed by atoms with Crippen molar-refractivity contribution in [2.75, 3.05) is 19.0 Å². The van der Waals surface area contributed by atoms with Gasteiger partial charge in [-0.15, -0.1) is 0 Å². The van der Waals surface area contributed by atoms with Crippen molar-refractivity contribution in [3.05, 3.63) is 22.8 Å². The highest BCUT2D eigenvalue weighted by Crippen LogP contribution is 2.64. The topological polar surface area (TPSA) is 129 Å². The molecule has 5 rings (SSSR count). The van der Waals surface area contributed by atoms with Gasteiger partial charge in [0.2, 0.25) is 0 Å². The molecule has 4 aliphatic carbocycles. The Hall–Kier alpha value is -2.87. The SMILES string of the molecule is CC(=O)C1C(=O)C(C(C)C)[C@@]2(C)C[C@@]3(C)Cc4c(N(C)C)cc(C5CCCCC5)c(O)c4C(=O)C3C(=O)[C@@]2(O)C1=O. The maximum Gasteiger partial charge on any atom is 0.190 e. The lowest BCUT2D eigenvalue weighted by Gasteiger charge is -2.62. The molecule has 0 bridgehead atoms. The maximum atomic E-state index is 14.5. The zero-order chi connectivity index (χ0) is 30.4. The Bertz CT molecular complexity index is 1370. The Morgan fingerprint density at radius 2 is 1.63 bits per heavy atom. The molecule has 2 N–H and O–H groups in total. The number of anilines is 1. The summed E-state index contributed by atoms with van der Waals surface area (Å²) in [5.41, 5.74) is -2.96. The van der Waals surface area contributed by atoms with Crippen LogP contribution in [0.2, 0.25) is 0 Å². The van der Waals surface area contributed by atoms with Crippen molar-refractivity contribution in [1.29, 1.82) is 0 Å². The summed E-state index contributed by atoms with van der Waals surface area (Å²) in [6, 6.07) is 1.98. The molecule has 222 valence electrons. The predicted octanol–water partition coefficient (Wildman–Crippen LogP) is 4.21. The van der Waals surface area contributed by atoms with Gasteiger partial charge in [-0.3, -0.25) is 24.0 Å². The second-order valence-electron chi connectivity index (χ2n) is 14.2. The molecule has 0 aliphatic heterocycles.